The van der Waals surface area contributed by atoms with Crippen LogP contribution >= 0.6 is 12.1 Å². The number of carbonyl (C=O) groups excluding carboxylic acids is 1. The van der Waals surface area contributed by atoms with E-state index in [4.69, 9.17) is 28.4 Å². The second-order valence-electron chi connectivity index (χ2n) is 9.02. The lowest BCUT2D eigenvalue weighted by molar-refractivity contribution is 0.0526. The van der Waals surface area contributed by atoms with E-state index in [0.29, 0.717) is 5.56 Å². The monoisotopic (exact) mass is 582 g/mol. The van der Waals surface area contributed by atoms with Gasteiger partial charge in [-0.2, -0.15) is 0 Å². The number of rotatable bonds is 8. The molecule has 0 aliphatic heterocycles. The Bertz CT molecular complexity index is 1470. The van der Waals surface area contributed by atoms with E-state index in [0.717, 1.165) is 31.8 Å². The van der Waals surface area contributed by atoms with Crippen molar-refractivity contribution in [3.05, 3.63) is 145 Å². The van der Waals surface area contributed by atoms with Crippen molar-refractivity contribution in [2.75, 3.05) is 6.61 Å². The van der Waals surface area contributed by atoms with Crippen LogP contribution in [0.25, 0.3) is 0 Å². The summed E-state index contributed by atoms with van der Waals surface area (Å²) in [4.78, 5) is 13.3. The lowest BCUT2D eigenvalue weighted by atomic mass is 10.2. The predicted molar refractivity (Wildman–Crippen MR) is 175 cm³/mol. The first-order chi connectivity index (χ1) is 19.0. The van der Waals surface area contributed by atoms with Crippen LogP contribution in [0.1, 0.15) is 17.3 Å². The van der Waals surface area contributed by atoms with Crippen LogP contribution in [0.2, 0.25) is 0 Å². The molecule has 0 N–H and O–H groups in total. The van der Waals surface area contributed by atoms with Gasteiger partial charge in [-0.15, -0.1) is 0 Å². The Morgan fingerprint density at radius 2 is 0.846 bits per heavy atom. The maximum Gasteiger partial charge on any atom is 0.338 e. The molecule has 39 heavy (non-hydrogen) atoms. The van der Waals surface area contributed by atoms with Crippen molar-refractivity contribution in [1.82, 2.24) is 0 Å². The van der Waals surface area contributed by atoms with Crippen molar-refractivity contribution in [3.8, 4) is 0 Å². The Kier molecular flexibility index (Phi) is 8.40. The Balaban J connectivity index is 1.86. The quantitative estimate of drug-likeness (QED) is 0.182. The first-order valence-electron chi connectivity index (χ1n) is 12.7. The van der Waals surface area contributed by atoms with Gasteiger partial charge in [-0.1, -0.05) is 145 Å². The smallest absolute Gasteiger partial charge is 0.338 e. The minimum atomic E-state index is -2.54. The molecule has 0 spiro atoms. The molecule has 0 amide bonds. The van der Waals surface area contributed by atoms with Gasteiger partial charge < -0.3 is 4.74 Å². The summed E-state index contributed by atoms with van der Waals surface area (Å²) in [6.07, 6.45) is 0. The van der Waals surface area contributed by atoms with Crippen molar-refractivity contribution in [2.24, 2.45) is 0 Å². The lowest BCUT2D eigenvalue weighted by Gasteiger charge is -2.29. The third kappa shape index (κ3) is 5.36. The van der Waals surface area contributed by atoms with Crippen LogP contribution in [-0.2, 0) is 28.4 Å². The molecule has 0 saturated heterocycles. The molecule has 0 aliphatic rings. The summed E-state index contributed by atoms with van der Waals surface area (Å²) in [5.41, 5.74) is 0.478. The average Bonchev–Trinajstić information content (AvgIpc) is 3.02. The van der Waals surface area contributed by atoms with Crippen LogP contribution in [0.15, 0.2) is 140 Å². The van der Waals surface area contributed by atoms with Gasteiger partial charge in [-0.25, -0.2) is 4.79 Å². The molecule has 5 aromatic carbocycles. The zero-order valence-corrected chi connectivity index (χ0v) is 24.9. The molecule has 0 radical (unpaired) electrons. The van der Waals surface area contributed by atoms with Crippen LogP contribution < -0.4 is 31.8 Å². The topological polar surface area (TPSA) is 26.3 Å². The number of benzene rings is 5. The Morgan fingerprint density at radius 3 is 1.13 bits per heavy atom. The molecule has 0 bridgehead atoms. The molecule has 0 aliphatic carbocycles. The highest BCUT2D eigenvalue weighted by Crippen LogP contribution is 2.46. The summed E-state index contributed by atoms with van der Waals surface area (Å²) < 4.78 is 5.50. The van der Waals surface area contributed by atoms with Gasteiger partial charge in [0.2, 0.25) is 0 Å². The van der Waals surface area contributed by atoms with E-state index in [2.05, 4.69) is 54.6 Å². The number of hydrogen-bond acceptors (Lipinski definition) is 4. The van der Waals surface area contributed by atoms with Gasteiger partial charge >= 0.3 is 5.97 Å². The second-order valence-corrected chi connectivity index (χ2v) is 17.8. The minimum absolute atomic E-state index is 0.287. The fourth-order valence-electron chi connectivity index (χ4n) is 4.74. The van der Waals surface area contributed by atoms with Gasteiger partial charge in [0, 0.05) is 12.1 Å². The SMILES string of the molecule is CCOC(=O)c1cc(P(=S)(c2ccccc2)c2ccccc2)cc(P(=S)(c2ccccc2)c2ccccc2)c1. The molecule has 0 unspecified atom stereocenters. The lowest BCUT2D eigenvalue weighted by Crippen LogP contribution is -2.31. The second kappa shape index (κ2) is 11.9. The summed E-state index contributed by atoms with van der Waals surface area (Å²) in [5, 5.41) is 6.10. The fourth-order valence-corrected chi connectivity index (χ4v) is 12.4. The van der Waals surface area contributed by atoms with Crippen LogP contribution in [0.3, 0.4) is 0 Å². The van der Waals surface area contributed by atoms with Gasteiger partial charge in [0.15, 0.2) is 0 Å². The average molecular weight is 583 g/mol. The zero-order chi connectivity index (χ0) is 27.3. The number of esters is 1. The van der Waals surface area contributed by atoms with Crippen LogP contribution in [0.4, 0.5) is 0 Å². The van der Waals surface area contributed by atoms with Crippen molar-refractivity contribution in [3.63, 3.8) is 0 Å². The molecular weight excluding hydrogens is 554 g/mol. The van der Waals surface area contributed by atoms with Crippen molar-refractivity contribution < 1.29 is 9.53 Å². The van der Waals surface area contributed by atoms with Crippen LogP contribution in [0.5, 0.6) is 0 Å². The predicted octanol–water partition coefficient (Wildman–Crippen LogP) is 5.37. The first-order valence-corrected chi connectivity index (χ1v) is 18.3. The Morgan fingerprint density at radius 1 is 0.538 bits per heavy atom. The highest BCUT2D eigenvalue weighted by Gasteiger charge is 2.31. The van der Waals surface area contributed by atoms with Crippen molar-refractivity contribution in [2.45, 2.75) is 6.92 Å². The maximum atomic E-state index is 13.3. The molecule has 0 aromatic heterocycles. The van der Waals surface area contributed by atoms with Gasteiger partial charge in [0.25, 0.3) is 0 Å². The molecule has 5 rings (SSSR count). The molecule has 0 heterocycles. The number of ether oxygens (including phenoxy) is 1. The summed E-state index contributed by atoms with van der Waals surface area (Å²) in [5.74, 6) is -0.369. The largest absolute Gasteiger partial charge is 0.462 e. The summed E-state index contributed by atoms with van der Waals surface area (Å²) >= 11 is 13.3. The fraction of sp³-hybridized carbons (Fsp3) is 0.0606. The third-order valence-electron chi connectivity index (χ3n) is 6.62. The molecular formula is C33H28O2P2S2. The molecule has 2 nitrogen and oxygen atoms in total. The highest BCUT2D eigenvalue weighted by atomic mass is 32.4. The minimum Gasteiger partial charge on any atom is -0.462 e. The van der Waals surface area contributed by atoms with Gasteiger partial charge in [0.05, 0.1) is 12.2 Å². The van der Waals surface area contributed by atoms with Gasteiger partial charge in [0.1, 0.15) is 0 Å². The molecule has 6 heteroatoms. The van der Waals surface area contributed by atoms with Gasteiger partial charge in [-0.05, 0) is 57.0 Å². The Labute approximate surface area is 240 Å². The molecule has 0 saturated carbocycles. The van der Waals surface area contributed by atoms with E-state index in [1.54, 1.807) is 0 Å². The number of hydrogen-bond donors (Lipinski definition) is 0. The maximum absolute atomic E-state index is 13.3. The third-order valence-corrected chi connectivity index (χ3v) is 16.5. The van der Waals surface area contributed by atoms with E-state index in [1.165, 1.54) is 0 Å². The normalized spacial score (nSPS) is 11.6. The van der Waals surface area contributed by atoms with Crippen molar-refractivity contribution >= 4 is 73.5 Å². The zero-order valence-electron chi connectivity index (χ0n) is 21.5. The van der Waals surface area contributed by atoms with Crippen molar-refractivity contribution in [1.29, 1.82) is 0 Å². The summed E-state index contributed by atoms with van der Waals surface area (Å²) in [7, 11) is 0. The molecule has 0 fully saturated rings. The van der Waals surface area contributed by atoms with E-state index in [1.807, 2.05) is 91.9 Å². The first kappa shape index (κ1) is 27.4. The van der Waals surface area contributed by atoms with E-state index >= 15 is 0 Å². The van der Waals surface area contributed by atoms with E-state index in [9.17, 15) is 4.79 Å². The van der Waals surface area contributed by atoms with E-state index < -0.39 is 12.1 Å². The van der Waals surface area contributed by atoms with Crippen LogP contribution in [-0.4, -0.2) is 12.6 Å². The summed E-state index contributed by atoms with van der Waals surface area (Å²) in [6.45, 7) is 2.11. The molecule has 5 aromatic rings. The highest BCUT2D eigenvalue weighted by molar-refractivity contribution is 8.26. The van der Waals surface area contributed by atoms with Crippen LogP contribution in [0, 0.1) is 0 Å². The standard InChI is InChI=1S/C33H28O2P2S2/c1-2-35-33(34)26-23-31(36(38,27-15-7-3-8-16-27)28-17-9-4-10-18-28)25-32(24-26)37(39,29-19-11-5-12-20-29)30-21-13-6-14-22-30/h3-25H,2H2,1H3. The molecule has 0 atom stereocenters. The Hall–Kier alpha value is -3.13. The number of carbonyl (C=O) groups is 1. The van der Waals surface area contributed by atoms with Gasteiger partial charge in [-0.3, -0.25) is 0 Å². The summed E-state index contributed by atoms with van der Waals surface area (Å²) in [6, 6.07) is 41.8. The van der Waals surface area contributed by atoms with E-state index in [-0.39, 0.29) is 12.6 Å². The molecule has 194 valence electrons.